The summed E-state index contributed by atoms with van der Waals surface area (Å²) in [5.74, 6) is 1.06. The number of aromatic nitrogens is 4. The molecule has 0 aliphatic rings. The van der Waals surface area contributed by atoms with Crippen molar-refractivity contribution in [1.29, 1.82) is 0 Å². The van der Waals surface area contributed by atoms with Crippen molar-refractivity contribution < 1.29 is 0 Å². The molecule has 1 aromatic carbocycles. The number of benzene rings is 1. The Labute approximate surface area is 112 Å². The Hall–Kier alpha value is -1.36. The summed E-state index contributed by atoms with van der Waals surface area (Å²) < 4.78 is 1.83. The average Bonchev–Trinajstić information content (AvgIpc) is 2.78. The average molecular weight is 262 g/mol. The maximum absolute atomic E-state index is 4.09. The molecule has 1 heterocycles. The Morgan fingerprint density at radius 1 is 1.28 bits per heavy atom. The van der Waals surface area contributed by atoms with Crippen molar-refractivity contribution in [2.75, 3.05) is 5.75 Å². The minimum Gasteiger partial charge on any atom is -0.187 e. The van der Waals surface area contributed by atoms with Crippen molar-refractivity contribution >= 4 is 11.8 Å². The lowest BCUT2D eigenvalue weighted by Crippen LogP contribution is -2.02. The van der Waals surface area contributed by atoms with Crippen LogP contribution in [-0.4, -0.2) is 26.0 Å². The fourth-order valence-electron chi connectivity index (χ4n) is 1.77. The molecule has 2 rings (SSSR count). The third-order valence-corrected chi connectivity index (χ3v) is 3.76. The molecule has 0 bridgehead atoms. The minimum absolute atomic E-state index is 0.871. The van der Waals surface area contributed by atoms with Crippen molar-refractivity contribution in [3.63, 3.8) is 0 Å². The van der Waals surface area contributed by atoms with E-state index in [1.165, 1.54) is 24.0 Å². The van der Waals surface area contributed by atoms with Gasteiger partial charge in [-0.3, -0.25) is 0 Å². The van der Waals surface area contributed by atoms with Crippen molar-refractivity contribution in [1.82, 2.24) is 20.2 Å². The number of aryl methyl sites for hydroxylation is 2. The summed E-state index contributed by atoms with van der Waals surface area (Å²) in [6.45, 7) is 6.37. The molecule has 0 spiro atoms. The molecule has 0 atom stereocenters. The molecule has 0 saturated carbocycles. The fourth-order valence-corrected chi connectivity index (χ4v) is 2.74. The molecule has 4 nitrogen and oxygen atoms in total. The SMILES string of the molecule is CCCCSc1nnnn1-c1ccc(C)cc1C. The summed E-state index contributed by atoms with van der Waals surface area (Å²) in [5, 5.41) is 12.8. The highest BCUT2D eigenvalue weighted by atomic mass is 32.2. The quantitative estimate of drug-likeness (QED) is 0.613. The van der Waals surface area contributed by atoms with Crippen LogP contribution >= 0.6 is 11.8 Å². The van der Waals surface area contributed by atoms with Gasteiger partial charge in [0.25, 0.3) is 0 Å². The lowest BCUT2D eigenvalue weighted by Gasteiger charge is -2.08. The zero-order chi connectivity index (χ0) is 13.0. The largest absolute Gasteiger partial charge is 0.214 e. The number of nitrogens with zero attached hydrogens (tertiary/aromatic N) is 4. The Bertz CT molecular complexity index is 521. The van der Waals surface area contributed by atoms with Gasteiger partial charge in [-0.15, -0.1) is 5.10 Å². The van der Waals surface area contributed by atoms with E-state index in [-0.39, 0.29) is 0 Å². The van der Waals surface area contributed by atoms with Gasteiger partial charge in [0.05, 0.1) is 5.69 Å². The van der Waals surface area contributed by atoms with Crippen LogP contribution in [-0.2, 0) is 0 Å². The second-order valence-corrected chi connectivity index (χ2v) is 5.43. The lowest BCUT2D eigenvalue weighted by atomic mass is 10.1. The van der Waals surface area contributed by atoms with Crippen molar-refractivity contribution in [3.05, 3.63) is 29.3 Å². The van der Waals surface area contributed by atoms with Crippen molar-refractivity contribution in [2.24, 2.45) is 0 Å². The van der Waals surface area contributed by atoms with E-state index >= 15 is 0 Å². The number of unbranched alkanes of at least 4 members (excludes halogenated alkanes) is 1. The third-order valence-electron chi connectivity index (χ3n) is 2.75. The molecule has 0 fully saturated rings. The highest BCUT2D eigenvalue weighted by Crippen LogP contribution is 2.21. The van der Waals surface area contributed by atoms with Crippen molar-refractivity contribution in [3.8, 4) is 5.69 Å². The van der Waals surface area contributed by atoms with E-state index in [1.807, 2.05) is 4.68 Å². The predicted molar refractivity (Wildman–Crippen MR) is 74.3 cm³/mol. The number of rotatable bonds is 5. The Morgan fingerprint density at radius 2 is 2.11 bits per heavy atom. The van der Waals surface area contributed by atoms with Crippen LogP contribution in [0.15, 0.2) is 23.4 Å². The summed E-state index contributed by atoms with van der Waals surface area (Å²) in [4.78, 5) is 0. The summed E-state index contributed by atoms with van der Waals surface area (Å²) in [6, 6.07) is 6.31. The van der Waals surface area contributed by atoms with Crippen LogP contribution in [0.1, 0.15) is 30.9 Å². The zero-order valence-electron chi connectivity index (χ0n) is 11.1. The van der Waals surface area contributed by atoms with Gasteiger partial charge >= 0.3 is 0 Å². The van der Waals surface area contributed by atoms with E-state index in [9.17, 15) is 0 Å². The molecule has 5 heteroatoms. The molecule has 0 aliphatic heterocycles. The first kappa shape index (κ1) is 13.1. The second-order valence-electron chi connectivity index (χ2n) is 4.37. The molecule has 18 heavy (non-hydrogen) atoms. The van der Waals surface area contributed by atoms with Crippen LogP contribution in [0.3, 0.4) is 0 Å². The molecule has 0 amide bonds. The first-order valence-electron chi connectivity index (χ1n) is 6.21. The van der Waals surface area contributed by atoms with Gasteiger partial charge in [-0.1, -0.05) is 42.8 Å². The molecule has 2 aromatic rings. The van der Waals surface area contributed by atoms with E-state index in [0.29, 0.717) is 0 Å². The molecule has 0 radical (unpaired) electrons. The molecule has 96 valence electrons. The second kappa shape index (κ2) is 6.00. The van der Waals surface area contributed by atoms with Gasteiger partial charge in [-0.25, -0.2) is 0 Å². The Balaban J connectivity index is 2.25. The number of tetrazole rings is 1. The summed E-state index contributed by atoms with van der Waals surface area (Å²) >= 11 is 1.71. The van der Waals surface area contributed by atoms with Gasteiger partial charge in [0.1, 0.15) is 0 Å². The fraction of sp³-hybridized carbons (Fsp3) is 0.462. The summed E-state index contributed by atoms with van der Waals surface area (Å²) in [6.07, 6.45) is 2.38. The Morgan fingerprint density at radius 3 is 2.83 bits per heavy atom. The smallest absolute Gasteiger partial charge is 0.187 e. The molecule has 0 saturated heterocycles. The first-order valence-corrected chi connectivity index (χ1v) is 7.19. The van der Waals surface area contributed by atoms with E-state index < -0.39 is 0 Å². The number of thioether (sulfide) groups is 1. The van der Waals surface area contributed by atoms with Crippen LogP contribution in [0.4, 0.5) is 0 Å². The molecule has 1 aromatic heterocycles. The normalized spacial score (nSPS) is 10.8. The van der Waals surface area contributed by atoms with E-state index in [0.717, 1.165) is 16.6 Å². The first-order chi connectivity index (χ1) is 8.72. The number of hydrogen-bond donors (Lipinski definition) is 0. The van der Waals surface area contributed by atoms with Gasteiger partial charge in [-0.2, -0.15) is 4.68 Å². The van der Waals surface area contributed by atoms with Crippen LogP contribution in [0, 0.1) is 13.8 Å². The van der Waals surface area contributed by atoms with Gasteiger partial charge < -0.3 is 0 Å². The monoisotopic (exact) mass is 262 g/mol. The maximum atomic E-state index is 4.09. The van der Waals surface area contributed by atoms with Gasteiger partial charge in [0, 0.05) is 5.75 Å². The van der Waals surface area contributed by atoms with Crippen LogP contribution in [0.2, 0.25) is 0 Å². The predicted octanol–water partition coefficient (Wildman–Crippen LogP) is 3.17. The molecule has 0 N–H and O–H groups in total. The van der Waals surface area contributed by atoms with E-state index in [1.54, 1.807) is 11.8 Å². The topological polar surface area (TPSA) is 43.6 Å². The van der Waals surface area contributed by atoms with Crippen LogP contribution in [0.5, 0.6) is 0 Å². The highest BCUT2D eigenvalue weighted by Gasteiger charge is 2.10. The highest BCUT2D eigenvalue weighted by molar-refractivity contribution is 7.99. The van der Waals surface area contributed by atoms with Gasteiger partial charge in [0.15, 0.2) is 0 Å². The summed E-state index contributed by atoms with van der Waals surface area (Å²) in [7, 11) is 0. The number of hydrogen-bond acceptors (Lipinski definition) is 4. The maximum Gasteiger partial charge on any atom is 0.214 e. The molecular weight excluding hydrogens is 244 g/mol. The molecule has 0 unspecified atom stereocenters. The van der Waals surface area contributed by atoms with Crippen LogP contribution in [0.25, 0.3) is 5.69 Å². The van der Waals surface area contributed by atoms with Crippen LogP contribution < -0.4 is 0 Å². The standard InChI is InChI=1S/C13H18N4S/c1-4-5-8-18-13-14-15-16-17(13)12-7-6-10(2)9-11(12)3/h6-7,9H,4-5,8H2,1-3H3. The molecule has 0 aliphatic carbocycles. The third kappa shape index (κ3) is 2.90. The van der Waals surface area contributed by atoms with Crippen molar-refractivity contribution in [2.45, 2.75) is 38.8 Å². The van der Waals surface area contributed by atoms with E-state index in [4.69, 9.17) is 0 Å². The summed E-state index contributed by atoms with van der Waals surface area (Å²) in [5.41, 5.74) is 3.51. The van der Waals surface area contributed by atoms with Gasteiger partial charge in [0.2, 0.25) is 5.16 Å². The molecular formula is C13H18N4S. The van der Waals surface area contributed by atoms with E-state index in [2.05, 4.69) is 54.5 Å². The lowest BCUT2D eigenvalue weighted by molar-refractivity contribution is 0.750. The van der Waals surface area contributed by atoms with Gasteiger partial charge in [-0.05, 0) is 42.3 Å². The Kier molecular flexibility index (Phi) is 4.36. The zero-order valence-corrected chi connectivity index (χ0v) is 11.9. The minimum atomic E-state index is 0.871.